The second kappa shape index (κ2) is 14.5. The Morgan fingerprint density at radius 2 is 1.27 bits per heavy atom. The van der Waals surface area contributed by atoms with E-state index in [0.29, 0.717) is 28.6 Å². The van der Waals surface area contributed by atoms with Gasteiger partial charge in [0.05, 0.1) is 15.8 Å². The average molecular weight is 748 g/mol. The van der Waals surface area contributed by atoms with Crippen LogP contribution in [0.1, 0.15) is 82.5 Å². The molecule has 56 heavy (non-hydrogen) atoms. The molecule has 0 fully saturated rings. The van der Waals surface area contributed by atoms with Crippen molar-refractivity contribution in [1.29, 1.82) is 0 Å². The summed E-state index contributed by atoms with van der Waals surface area (Å²) in [6.07, 6.45) is 3.82. The monoisotopic (exact) mass is 747 g/mol. The number of benzene rings is 6. The maximum atomic E-state index is 13.4. The first-order valence-corrected chi connectivity index (χ1v) is 19.9. The predicted octanol–water partition coefficient (Wildman–Crippen LogP) is 10.9. The number of fused-ring (bicyclic) bond motifs is 4. The Hall–Kier alpha value is -6.67. The van der Waals surface area contributed by atoms with Crippen molar-refractivity contribution >= 4 is 65.9 Å². The fourth-order valence-corrected chi connectivity index (χ4v) is 8.64. The van der Waals surface area contributed by atoms with Gasteiger partial charge < -0.3 is 9.67 Å². The van der Waals surface area contributed by atoms with Gasteiger partial charge in [0.25, 0.3) is 11.8 Å². The van der Waals surface area contributed by atoms with Crippen molar-refractivity contribution in [2.45, 2.75) is 46.1 Å². The Labute approximate surface area is 329 Å². The number of phenolic OH excluding ortho intramolecular Hbond substituents is 1. The molecule has 3 heterocycles. The van der Waals surface area contributed by atoms with Crippen LogP contribution in [0.25, 0.3) is 53.4 Å². The number of para-hydroxylation sites is 1. The molecular weight excluding hydrogens is 711 g/mol. The van der Waals surface area contributed by atoms with Gasteiger partial charge in [0.1, 0.15) is 10.8 Å². The molecule has 1 N–H and O–H groups in total. The second-order valence-electron chi connectivity index (χ2n) is 14.2. The van der Waals surface area contributed by atoms with Crippen LogP contribution in [0.3, 0.4) is 0 Å². The Morgan fingerprint density at radius 3 is 1.98 bits per heavy atom. The summed E-state index contributed by atoms with van der Waals surface area (Å²) in [7, 11) is 0. The summed E-state index contributed by atoms with van der Waals surface area (Å²) in [5.41, 5.74) is 8.31. The molecule has 2 amide bonds. The Bertz CT molecular complexity index is 2980. The van der Waals surface area contributed by atoms with E-state index in [1.165, 1.54) is 4.90 Å². The quantitative estimate of drug-likeness (QED) is 0.130. The summed E-state index contributed by atoms with van der Waals surface area (Å²) in [6, 6.07) is 35.5. The van der Waals surface area contributed by atoms with Crippen molar-refractivity contribution in [3.63, 3.8) is 0 Å². The van der Waals surface area contributed by atoms with E-state index in [1.54, 1.807) is 17.4 Å². The molecule has 0 spiro atoms. The first kappa shape index (κ1) is 35.1. The van der Waals surface area contributed by atoms with Gasteiger partial charge in [-0.3, -0.25) is 14.5 Å². The molecular formula is C49H37N3O3S. The van der Waals surface area contributed by atoms with Gasteiger partial charge in [0, 0.05) is 73.7 Å². The number of hydrogen-bond acceptors (Lipinski definition) is 5. The van der Waals surface area contributed by atoms with Crippen LogP contribution in [-0.2, 0) is 6.54 Å². The predicted molar refractivity (Wildman–Crippen MR) is 227 cm³/mol. The molecule has 1 aliphatic rings. The summed E-state index contributed by atoms with van der Waals surface area (Å²) in [5, 5.41) is 15.2. The summed E-state index contributed by atoms with van der Waals surface area (Å²) in [6.45, 7) is 5.58. The van der Waals surface area contributed by atoms with Crippen LogP contribution < -0.4 is 0 Å². The first-order valence-electron chi connectivity index (χ1n) is 19.1. The van der Waals surface area contributed by atoms with Crippen LogP contribution in [0.5, 0.6) is 5.75 Å². The molecule has 0 saturated heterocycles. The minimum atomic E-state index is -0.238. The van der Waals surface area contributed by atoms with Crippen LogP contribution >= 0.6 is 11.3 Å². The van der Waals surface area contributed by atoms with Crippen LogP contribution in [0.15, 0.2) is 109 Å². The van der Waals surface area contributed by atoms with E-state index < -0.39 is 0 Å². The number of phenols is 1. The molecule has 7 heteroatoms. The molecule has 1 aliphatic heterocycles. The lowest BCUT2D eigenvalue weighted by Crippen LogP contribution is -2.40. The summed E-state index contributed by atoms with van der Waals surface area (Å²) in [4.78, 5) is 32.9. The van der Waals surface area contributed by atoms with E-state index in [1.807, 2.05) is 66.7 Å². The highest BCUT2D eigenvalue weighted by Crippen LogP contribution is 2.37. The lowest BCUT2D eigenvalue weighted by molar-refractivity contribution is 0.0608. The maximum Gasteiger partial charge on any atom is 0.261 e. The normalized spacial score (nSPS) is 12.4. The maximum absolute atomic E-state index is 13.4. The number of nitrogens with zero attached hydrogens (tertiary/aromatic N) is 3. The largest absolute Gasteiger partial charge is 0.507 e. The smallest absolute Gasteiger partial charge is 0.261 e. The molecule has 2 aromatic heterocycles. The molecule has 0 atom stereocenters. The summed E-state index contributed by atoms with van der Waals surface area (Å²) in [5.74, 6) is 13.2. The van der Waals surface area contributed by atoms with Crippen molar-refractivity contribution in [1.82, 2.24) is 14.5 Å². The third kappa shape index (κ3) is 6.17. The SMILES string of the molecule is CCCCN1C(=O)c2cccc3c(C#Cc4ccc5c(c4)c4cc(C#Cc6ccc(O)c(-c7nc8ccccc8s7)c6)ccc4n5CCCC)ccc(c23)C1=O. The van der Waals surface area contributed by atoms with Crippen molar-refractivity contribution in [2.24, 2.45) is 0 Å². The highest BCUT2D eigenvalue weighted by molar-refractivity contribution is 7.21. The standard InChI is InChI=1S/C49H37N3O3S/c1-3-5-26-51-42-23-17-31(14-15-32-19-25-44(53)40(30-32)47-50-41-12-7-8-13-45(41)56-47)28-38(42)39-29-33(18-24-43(39)51)16-20-34-21-22-37-46-35(34)10-9-11-36(46)48(54)52(49(37)55)27-6-4-2/h7-13,17-19,21-25,28-30,53H,3-6,26-27H2,1-2H3. The molecule has 0 saturated carbocycles. The molecule has 0 aliphatic carbocycles. The fraction of sp³-hybridized carbons (Fsp3) is 0.163. The van der Waals surface area contributed by atoms with Crippen LogP contribution in [0.4, 0.5) is 0 Å². The minimum Gasteiger partial charge on any atom is -0.507 e. The Morgan fingerprint density at radius 1 is 0.625 bits per heavy atom. The Balaban J connectivity index is 1.08. The van der Waals surface area contributed by atoms with Gasteiger partial charge in [-0.2, -0.15) is 0 Å². The van der Waals surface area contributed by atoms with Crippen molar-refractivity contribution < 1.29 is 14.7 Å². The zero-order chi connectivity index (χ0) is 38.3. The zero-order valence-electron chi connectivity index (χ0n) is 31.1. The second-order valence-corrected chi connectivity index (χ2v) is 15.2. The number of aromatic hydroxyl groups is 1. The van der Waals surface area contributed by atoms with Crippen molar-refractivity contribution in [3.8, 4) is 40.0 Å². The van der Waals surface area contributed by atoms with Crippen LogP contribution in [0.2, 0.25) is 0 Å². The number of hydrogen-bond donors (Lipinski definition) is 1. The number of unbranched alkanes of at least 4 members (excludes halogenated alkanes) is 2. The molecule has 0 bridgehead atoms. The molecule has 0 unspecified atom stereocenters. The van der Waals surface area contributed by atoms with Crippen molar-refractivity contribution in [3.05, 3.63) is 143 Å². The van der Waals surface area contributed by atoms with Crippen LogP contribution in [-0.4, -0.2) is 37.9 Å². The number of aryl methyl sites for hydroxylation is 1. The van der Waals surface area contributed by atoms with E-state index in [-0.39, 0.29) is 17.6 Å². The van der Waals surface area contributed by atoms with Gasteiger partial charge >= 0.3 is 0 Å². The van der Waals surface area contributed by atoms with Crippen LogP contribution in [0, 0.1) is 23.7 Å². The molecule has 6 nitrogen and oxygen atoms in total. The number of aromatic nitrogens is 2. The molecule has 6 aromatic carbocycles. The number of carbonyl (C=O) groups is 2. The van der Waals surface area contributed by atoms with Gasteiger partial charge in [-0.05, 0) is 103 Å². The Kier molecular flexibility index (Phi) is 9.09. The van der Waals surface area contributed by atoms with Gasteiger partial charge in [-0.1, -0.05) is 74.6 Å². The lowest BCUT2D eigenvalue weighted by Gasteiger charge is -2.27. The van der Waals surface area contributed by atoms with Gasteiger partial charge in [-0.15, -0.1) is 11.3 Å². The number of thiazole rings is 1. The number of carbonyl (C=O) groups excluding carboxylic acids is 2. The average Bonchev–Trinajstić information content (AvgIpc) is 3.79. The third-order valence-corrected chi connectivity index (χ3v) is 11.6. The van der Waals surface area contributed by atoms with E-state index in [0.717, 1.165) is 96.9 Å². The summed E-state index contributed by atoms with van der Waals surface area (Å²) < 4.78 is 3.46. The molecule has 0 radical (unpaired) electrons. The summed E-state index contributed by atoms with van der Waals surface area (Å²) >= 11 is 1.55. The van der Waals surface area contributed by atoms with Gasteiger partial charge in [0.2, 0.25) is 0 Å². The van der Waals surface area contributed by atoms with Crippen molar-refractivity contribution in [2.75, 3.05) is 6.54 Å². The van der Waals surface area contributed by atoms with Gasteiger partial charge in [0.15, 0.2) is 0 Å². The van der Waals surface area contributed by atoms with E-state index >= 15 is 0 Å². The number of rotatable bonds is 7. The first-order chi connectivity index (χ1) is 27.4. The molecule has 8 aromatic rings. The molecule has 272 valence electrons. The third-order valence-electron chi connectivity index (χ3n) is 10.5. The fourth-order valence-electron chi connectivity index (χ4n) is 7.65. The zero-order valence-corrected chi connectivity index (χ0v) is 32.0. The topological polar surface area (TPSA) is 75.4 Å². The van der Waals surface area contributed by atoms with Gasteiger partial charge in [-0.25, -0.2) is 4.98 Å². The molecule has 9 rings (SSSR count). The highest BCUT2D eigenvalue weighted by atomic mass is 32.1. The van der Waals surface area contributed by atoms with E-state index in [9.17, 15) is 14.7 Å². The lowest BCUT2D eigenvalue weighted by atomic mass is 9.91. The van der Waals surface area contributed by atoms with E-state index in [2.05, 4.69) is 78.5 Å². The minimum absolute atomic E-state index is 0.179. The highest BCUT2D eigenvalue weighted by Gasteiger charge is 2.32. The number of amides is 2. The number of imide groups is 1. The van der Waals surface area contributed by atoms with E-state index in [4.69, 9.17) is 4.98 Å².